The van der Waals surface area contributed by atoms with Gasteiger partial charge in [-0.15, -0.1) is 10.2 Å². The number of sulfonamides is 1. The monoisotopic (exact) mass is 541 g/mol. The molecule has 0 aliphatic carbocycles. The van der Waals surface area contributed by atoms with Crippen molar-refractivity contribution >= 4 is 48.9 Å². The van der Waals surface area contributed by atoms with E-state index >= 15 is 0 Å². The average Bonchev–Trinajstić information content (AvgIpc) is 3.41. The molecule has 1 aromatic heterocycles. The third kappa shape index (κ3) is 5.12. The fourth-order valence-electron chi connectivity index (χ4n) is 3.67. The summed E-state index contributed by atoms with van der Waals surface area (Å²) < 4.78 is 28.7. The summed E-state index contributed by atoms with van der Waals surface area (Å²) in [6.45, 7) is 0.486. The van der Waals surface area contributed by atoms with Crippen LogP contribution in [0.1, 0.15) is 40.9 Å². The van der Waals surface area contributed by atoms with Gasteiger partial charge in [-0.25, -0.2) is 8.42 Å². The van der Waals surface area contributed by atoms with Crippen molar-refractivity contribution in [2.45, 2.75) is 43.0 Å². The lowest BCUT2D eigenvalue weighted by atomic mass is 10.1. The molecule has 1 atom stereocenters. The highest BCUT2D eigenvalue weighted by molar-refractivity contribution is 9.10. The van der Waals surface area contributed by atoms with Gasteiger partial charge in [0, 0.05) is 17.4 Å². The van der Waals surface area contributed by atoms with E-state index in [-0.39, 0.29) is 11.8 Å². The lowest BCUT2D eigenvalue weighted by Crippen LogP contribution is -2.30. The predicted molar refractivity (Wildman–Crippen MR) is 125 cm³/mol. The van der Waals surface area contributed by atoms with Gasteiger partial charge < -0.3 is 5.11 Å². The van der Waals surface area contributed by atoms with Gasteiger partial charge in [-0.1, -0.05) is 44.9 Å². The van der Waals surface area contributed by atoms with Crippen LogP contribution in [0, 0.1) is 0 Å². The number of aromatic hydroxyl groups is 1. The Hall–Kier alpha value is -1.52. The smallest absolute Gasteiger partial charge is 0.243 e. The zero-order valence-corrected chi connectivity index (χ0v) is 20.5. The maximum Gasteiger partial charge on any atom is 0.243 e. The van der Waals surface area contributed by atoms with Crippen molar-refractivity contribution in [3.63, 3.8) is 0 Å². The second-order valence-corrected chi connectivity index (χ2v) is 11.7. The molecule has 1 saturated heterocycles. The number of halogens is 2. The number of benzene rings is 2. The molecule has 0 saturated carbocycles. The molecule has 4 rings (SSSR count). The van der Waals surface area contributed by atoms with Crippen LogP contribution in [0.15, 0.2) is 51.8 Å². The van der Waals surface area contributed by atoms with E-state index in [0.29, 0.717) is 16.5 Å². The SMILES string of the molecule is O=S(=O)(c1ccc(Br)cc1)N1CCCC1c1nnc(CCCc2ccc(O)c(Cl)c2)s1. The van der Waals surface area contributed by atoms with Gasteiger partial charge in [-0.3, -0.25) is 0 Å². The molecule has 3 aromatic rings. The highest BCUT2D eigenvalue weighted by Gasteiger charge is 2.38. The Morgan fingerprint density at radius 2 is 1.94 bits per heavy atom. The van der Waals surface area contributed by atoms with E-state index in [1.807, 2.05) is 6.07 Å². The molecule has 2 heterocycles. The molecule has 1 aliphatic heterocycles. The van der Waals surface area contributed by atoms with E-state index < -0.39 is 10.0 Å². The van der Waals surface area contributed by atoms with Crippen molar-refractivity contribution in [1.29, 1.82) is 0 Å². The number of hydrogen-bond donors (Lipinski definition) is 1. The molecule has 1 aliphatic rings. The molecule has 1 unspecified atom stereocenters. The Labute approximate surface area is 199 Å². The highest BCUT2D eigenvalue weighted by atomic mass is 79.9. The van der Waals surface area contributed by atoms with Crippen molar-refractivity contribution in [3.8, 4) is 5.75 Å². The third-order valence-corrected chi connectivity index (χ3v) is 9.10. The first-order valence-corrected chi connectivity index (χ1v) is 13.3. The first-order chi connectivity index (χ1) is 14.8. The number of nitrogens with zero attached hydrogens (tertiary/aromatic N) is 3. The molecule has 0 amide bonds. The van der Waals surface area contributed by atoms with Crippen LogP contribution in [-0.4, -0.2) is 34.6 Å². The van der Waals surface area contributed by atoms with Crippen LogP contribution in [0.2, 0.25) is 5.02 Å². The molecular formula is C21H21BrClN3O3S2. The van der Waals surface area contributed by atoms with Gasteiger partial charge in [0.15, 0.2) is 0 Å². The summed E-state index contributed by atoms with van der Waals surface area (Å²) in [4.78, 5) is 0.292. The Bertz CT molecular complexity index is 1170. The van der Waals surface area contributed by atoms with Crippen molar-refractivity contribution in [3.05, 3.63) is 67.5 Å². The zero-order chi connectivity index (χ0) is 22.0. The first-order valence-electron chi connectivity index (χ1n) is 9.91. The molecule has 6 nitrogen and oxygen atoms in total. The van der Waals surface area contributed by atoms with Gasteiger partial charge in [0.2, 0.25) is 10.0 Å². The van der Waals surface area contributed by atoms with Crippen LogP contribution >= 0.6 is 38.9 Å². The van der Waals surface area contributed by atoms with E-state index in [2.05, 4.69) is 26.1 Å². The lowest BCUT2D eigenvalue weighted by molar-refractivity contribution is 0.394. The van der Waals surface area contributed by atoms with Gasteiger partial charge in [0.05, 0.1) is 16.0 Å². The highest BCUT2D eigenvalue weighted by Crippen LogP contribution is 2.38. The number of aromatic nitrogens is 2. The minimum atomic E-state index is -3.59. The van der Waals surface area contributed by atoms with Gasteiger partial charge in [0.1, 0.15) is 15.8 Å². The Morgan fingerprint density at radius 1 is 1.16 bits per heavy atom. The van der Waals surface area contributed by atoms with E-state index in [4.69, 9.17) is 11.6 Å². The normalized spacial score (nSPS) is 17.3. The fraction of sp³-hybridized carbons (Fsp3) is 0.333. The van der Waals surface area contributed by atoms with E-state index in [9.17, 15) is 13.5 Å². The molecule has 1 fully saturated rings. The van der Waals surface area contributed by atoms with Crippen LogP contribution < -0.4 is 0 Å². The number of phenolic OH excluding ortho intramolecular Hbond substituents is 1. The number of aryl methyl sites for hydroxylation is 2. The van der Waals surface area contributed by atoms with Gasteiger partial charge >= 0.3 is 0 Å². The number of rotatable bonds is 7. The molecular weight excluding hydrogens is 522 g/mol. The molecule has 10 heteroatoms. The van der Waals surface area contributed by atoms with Crippen LogP contribution in [-0.2, 0) is 22.9 Å². The summed E-state index contributed by atoms with van der Waals surface area (Å²) in [5.41, 5.74) is 1.05. The quantitative estimate of drug-likeness (QED) is 0.434. The van der Waals surface area contributed by atoms with Crippen molar-refractivity contribution < 1.29 is 13.5 Å². The Kier molecular flexibility index (Phi) is 6.98. The molecule has 1 N–H and O–H groups in total. The molecule has 2 aromatic carbocycles. The minimum Gasteiger partial charge on any atom is -0.506 e. The molecule has 0 radical (unpaired) electrons. The van der Waals surface area contributed by atoms with Gasteiger partial charge in [-0.05, 0) is 67.6 Å². The Balaban J connectivity index is 1.42. The van der Waals surface area contributed by atoms with Crippen LogP contribution in [0.3, 0.4) is 0 Å². The topological polar surface area (TPSA) is 83.4 Å². The van der Waals surface area contributed by atoms with E-state index in [0.717, 1.165) is 52.2 Å². The van der Waals surface area contributed by atoms with Crippen molar-refractivity contribution in [2.75, 3.05) is 6.54 Å². The van der Waals surface area contributed by atoms with Crippen molar-refractivity contribution in [2.24, 2.45) is 0 Å². The number of phenols is 1. The Morgan fingerprint density at radius 3 is 2.68 bits per heavy atom. The number of hydrogen-bond acceptors (Lipinski definition) is 6. The summed E-state index contributed by atoms with van der Waals surface area (Å²) in [6, 6.07) is 11.7. The van der Waals surface area contributed by atoms with Crippen LogP contribution in [0.4, 0.5) is 0 Å². The van der Waals surface area contributed by atoms with E-state index in [1.165, 1.54) is 11.3 Å². The summed E-state index contributed by atoms with van der Waals surface area (Å²) >= 11 is 10.8. The maximum atomic E-state index is 13.2. The fourth-order valence-corrected chi connectivity index (χ4v) is 6.90. The van der Waals surface area contributed by atoms with Crippen molar-refractivity contribution in [1.82, 2.24) is 14.5 Å². The predicted octanol–water partition coefficient (Wildman–Crippen LogP) is 5.36. The second-order valence-electron chi connectivity index (χ2n) is 7.40. The maximum absolute atomic E-state index is 13.2. The molecule has 31 heavy (non-hydrogen) atoms. The molecule has 164 valence electrons. The summed E-state index contributed by atoms with van der Waals surface area (Å²) in [5.74, 6) is 0.0818. The third-order valence-electron chi connectivity index (χ3n) is 5.26. The first kappa shape index (κ1) is 22.7. The lowest BCUT2D eigenvalue weighted by Gasteiger charge is -2.22. The van der Waals surface area contributed by atoms with Gasteiger partial charge in [-0.2, -0.15) is 4.31 Å². The standard InChI is InChI=1S/C21H21BrClN3O3S2/c22-15-7-9-16(10-8-15)31(28,29)26-12-2-4-18(26)21-25-24-20(30-21)5-1-3-14-6-11-19(27)17(23)13-14/h6-11,13,18,27H,1-5,12H2. The summed E-state index contributed by atoms with van der Waals surface area (Å²) in [5, 5.41) is 20.1. The zero-order valence-electron chi connectivity index (χ0n) is 16.5. The largest absolute Gasteiger partial charge is 0.506 e. The summed E-state index contributed by atoms with van der Waals surface area (Å²) in [7, 11) is -3.59. The van der Waals surface area contributed by atoms with E-state index in [1.54, 1.807) is 40.7 Å². The van der Waals surface area contributed by atoms with Gasteiger partial charge in [0.25, 0.3) is 0 Å². The summed E-state index contributed by atoms with van der Waals surface area (Å²) in [6.07, 6.45) is 3.97. The van der Waals surface area contributed by atoms with Crippen LogP contribution in [0.25, 0.3) is 0 Å². The molecule has 0 bridgehead atoms. The second kappa shape index (κ2) is 9.54. The average molecular weight is 543 g/mol. The minimum absolute atomic E-state index is 0.0818. The molecule has 0 spiro atoms. The van der Waals surface area contributed by atoms with Crippen LogP contribution in [0.5, 0.6) is 5.75 Å².